The van der Waals surface area contributed by atoms with Crippen molar-refractivity contribution in [2.24, 2.45) is 5.16 Å². The van der Waals surface area contributed by atoms with E-state index in [2.05, 4.69) is 5.16 Å². The summed E-state index contributed by atoms with van der Waals surface area (Å²) in [6.45, 7) is 1.77. The molecule has 3 nitrogen and oxygen atoms in total. The van der Waals surface area contributed by atoms with E-state index in [1.165, 1.54) is 0 Å². The first kappa shape index (κ1) is 9.58. The van der Waals surface area contributed by atoms with Crippen LogP contribution in [-0.4, -0.2) is 18.0 Å². The van der Waals surface area contributed by atoms with E-state index in [1.54, 1.807) is 14.0 Å². The number of ether oxygens (including phenoxy) is 1. The van der Waals surface area contributed by atoms with E-state index in [4.69, 9.17) is 9.94 Å². The minimum Gasteiger partial charge on any atom is -0.496 e. The van der Waals surface area contributed by atoms with Gasteiger partial charge in [0.25, 0.3) is 0 Å². The Hall–Kier alpha value is -1.51. The predicted molar refractivity (Wildman–Crippen MR) is 51.6 cm³/mol. The van der Waals surface area contributed by atoms with Gasteiger partial charge in [0.05, 0.1) is 12.8 Å². The van der Waals surface area contributed by atoms with Crippen LogP contribution in [0.25, 0.3) is 0 Å². The van der Waals surface area contributed by atoms with E-state index in [0.29, 0.717) is 12.1 Å². The molecular formula is C10H13NO2. The molecule has 0 atom stereocenters. The number of rotatable bonds is 3. The maximum absolute atomic E-state index is 8.51. The number of oxime groups is 1. The van der Waals surface area contributed by atoms with Gasteiger partial charge in [-0.1, -0.05) is 23.4 Å². The summed E-state index contributed by atoms with van der Waals surface area (Å²) in [6.07, 6.45) is 0.612. The Balaban J connectivity index is 2.87. The van der Waals surface area contributed by atoms with Crippen LogP contribution >= 0.6 is 0 Å². The van der Waals surface area contributed by atoms with Crippen molar-refractivity contribution in [2.45, 2.75) is 13.3 Å². The summed E-state index contributed by atoms with van der Waals surface area (Å²) in [6, 6.07) is 7.68. The molecule has 1 N–H and O–H groups in total. The molecule has 1 aromatic carbocycles. The van der Waals surface area contributed by atoms with Gasteiger partial charge in [-0.15, -0.1) is 0 Å². The molecule has 0 saturated heterocycles. The number of methoxy groups -OCH3 is 1. The summed E-state index contributed by atoms with van der Waals surface area (Å²) in [5, 5.41) is 11.6. The average molecular weight is 179 g/mol. The highest BCUT2D eigenvalue weighted by Crippen LogP contribution is 2.17. The third kappa shape index (κ3) is 2.47. The topological polar surface area (TPSA) is 41.8 Å². The van der Waals surface area contributed by atoms with Gasteiger partial charge in [0, 0.05) is 6.42 Å². The predicted octanol–water partition coefficient (Wildman–Crippen LogP) is 2.09. The molecule has 3 heteroatoms. The Kier molecular flexibility index (Phi) is 3.31. The summed E-state index contributed by atoms with van der Waals surface area (Å²) in [7, 11) is 1.63. The van der Waals surface area contributed by atoms with Crippen molar-refractivity contribution in [1.29, 1.82) is 0 Å². The molecule has 0 heterocycles. The summed E-state index contributed by atoms with van der Waals surface area (Å²) in [4.78, 5) is 0. The number of nitrogens with zero attached hydrogens (tertiary/aromatic N) is 1. The zero-order valence-electron chi connectivity index (χ0n) is 7.82. The summed E-state index contributed by atoms with van der Waals surface area (Å²) < 4.78 is 5.15. The maximum Gasteiger partial charge on any atom is 0.122 e. The fourth-order valence-corrected chi connectivity index (χ4v) is 1.16. The summed E-state index contributed by atoms with van der Waals surface area (Å²) >= 11 is 0. The average Bonchev–Trinajstić information content (AvgIpc) is 2.18. The van der Waals surface area contributed by atoms with E-state index >= 15 is 0 Å². The van der Waals surface area contributed by atoms with E-state index in [0.717, 1.165) is 11.3 Å². The number of para-hydroxylation sites is 1. The quantitative estimate of drug-likeness (QED) is 0.438. The molecule has 0 amide bonds. The minimum absolute atomic E-state index is 0.612. The van der Waals surface area contributed by atoms with Crippen molar-refractivity contribution in [2.75, 3.05) is 7.11 Å². The molecular weight excluding hydrogens is 166 g/mol. The van der Waals surface area contributed by atoms with Gasteiger partial charge < -0.3 is 9.94 Å². The van der Waals surface area contributed by atoms with Crippen molar-refractivity contribution in [3.63, 3.8) is 0 Å². The minimum atomic E-state index is 0.612. The van der Waals surface area contributed by atoms with E-state index in [-0.39, 0.29) is 0 Å². The van der Waals surface area contributed by atoms with Gasteiger partial charge in [-0.05, 0) is 18.6 Å². The summed E-state index contributed by atoms with van der Waals surface area (Å²) in [5.74, 6) is 0.825. The normalized spacial score (nSPS) is 11.4. The first-order chi connectivity index (χ1) is 6.27. The number of hydrogen-bond acceptors (Lipinski definition) is 3. The Labute approximate surface area is 77.6 Å². The molecule has 0 aliphatic carbocycles. The first-order valence-electron chi connectivity index (χ1n) is 4.07. The monoisotopic (exact) mass is 179 g/mol. The Morgan fingerprint density at radius 3 is 2.77 bits per heavy atom. The van der Waals surface area contributed by atoms with Gasteiger partial charge in [0.1, 0.15) is 5.75 Å². The first-order valence-corrected chi connectivity index (χ1v) is 4.07. The molecule has 0 radical (unpaired) electrons. The highest BCUT2D eigenvalue weighted by Gasteiger charge is 2.02. The van der Waals surface area contributed by atoms with Gasteiger partial charge in [-0.3, -0.25) is 0 Å². The standard InChI is InChI=1S/C10H13NO2/c1-8(11-12)7-9-5-3-4-6-10(9)13-2/h3-6,12H,7H2,1-2H3/b11-8-. The molecule has 0 aromatic heterocycles. The van der Waals surface area contributed by atoms with Crippen LogP contribution < -0.4 is 4.74 Å². The van der Waals surface area contributed by atoms with Crippen LogP contribution in [-0.2, 0) is 6.42 Å². The largest absolute Gasteiger partial charge is 0.496 e. The molecule has 13 heavy (non-hydrogen) atoms. The fourth-order valence-electron chi connectivity index (χ4n) is 1.16. The van der Waals surface area contributed by atoms with Crippen LogP contribution in [0.1, 0.15) is 12.5 Å². The van der Waals surface area contributed by atoms with Crippen LogP contribution in [0, 0.1) is 0 Å². The fraction of sp³-hybridized carbons (Fsp3) is 0.300. The van der Waals surface area contributed by atoms with Crippen LogP contribution in [0.5, 0.6) is 5.75 Å². The summed E-state index contributed by atoms with van der Waals surface area (Å²) in [5.41, 5.74) is 1.70. The van der Waals surface area contributed by atoms with E-state index < -0.39 is 0 Å². The molecule has 0 fully saturated rings. The highest BCUT2D eigenvalue weighted by atomic mass is 16.5. The lowest BCUT2D eigenvalue weighted by molar-refractivity contribution is 0.317. The van der Waals surface area contributed by atoms with Gasteiger partial charge in [0.2, 0.25) is 0 Å². The maximum atomic E-state index is 8.51. The zero-order chi connectivity index (χ0) is 9.68. The van der Waals surface area contributed by atoms with Crippen molar-refractivity contribution < 1.29 is 9.94 Å². The molecule has 0 bridgehead atoms. The third-order valence-corrected chi connectivity index (χ3v) is 1.81. The molecule has 0 unspecified atom stereocenters. The SMILES string of the molecule is COc1ccccc1C/C(C)=N\O. The molecule has 1 rings (SSSR count). The molecule has 0 spiro atoms. The van der Waals surface area contributed by atoms with Crippen molar-refractivity contribution in [3.8, 4) is 5.75 Å². The molecule has 0 saturated carbocycles. The van der Waals surface area contributed by atoms with Gasteiger partial charge >= 0.3 is 0 Å². The Bertz CT molecular complexity index is 308. The van der Waals surface area contributed by atoms with Crippen LogP contribution in [0.15, 0.2) is 29.4 Å². The molecule has 70 valence electrons. The third-order valence-electron chi connectivity index (χ3n) is 1.81. The molecule has 0 aliphatic heterocycles. The number of benzene rings is 1. The number of hydrogen-bond donors (Lipinski definition) is 1. The lowest BCUT2D eigenvalue weighted by Crippen LogP contribution is -1.99. The Morgan fingerprint density at radius 1 is 1.46 bits per heavy atom. The lowest BCUT2D eigenvalue weighted by atomic mass is 10.1. The van der Waals surface area contributed by atoms with Crippen molar-refractivity contribution in [3.05, 3.63) is 29.8 Å². The van der Waals surface area contributed by atoms with Crippen LogP contribution in [0.3, 0.4) is 0 Å². The highest BCUT2D eigenvalue weighted by molar-refractivity contribution is 5.84. The molecule has 0 aliphatic rings. The smallest absolute Gasteiger partial charge is 0.122 e. The molecule has 1 aromatic rings. The van der Waals surface area contributed by atoms with Crippen LogP contribution in [0.2, 0.25) is 0 Å². The van der Waals surface area contributed by atoms with Crippen molar-refractivity contribution in [1.82, 2.24) is 0 Å². The van der Waals surface area contributed by atoms with E-state index in [9.17, 15) is 0 Å². The van der Waals surface area contributed by atoms with E-state index in [1.807, 2.05) is 24.3 Å². The van der Waals surface area contributed by atoms with Gasteiger partial charge in [-0.2, -0.15) is 0 Å². The van der Waals surface area contributed by atoms with Gasteiger partial charge in [-0.25, -0.2) is 0 Å². The Morgan fingerprint density at radius 2 is 2.15 bits per heavy atom. The lowest BCUT2D eigenvalue weighted by Gasteiger charge is -2.06. The second kappa shape index (κ2) is 4.50. The zero-order valence-corrected chi connectivity index (χ0v) is 7.82. The second-order valence-electron chi connectivity index (χ2n) is 2.82. The van der Waals surface area contributed by atoms with Crippen molar-refractivity contribution >= 4 is 5.71 Å². The second-order valence-corrected chi connectivity index (χ2v) is 2.82. The van der Waals surface area contributed by atoms with Gasteiger partial charge in [0.15, 0.2) is 0 Å². The van der Waals surface area contributed by atoms with Crippen LogP contribution in [0.4, 0.5) is 0 Å².